The van der Waals surface area contributed by atoms with Gasteiger partial charge < -0.3 is 34.1 Å². The van der Waals surface area contributed by atoms with Gasteiger partial charge in [0, 0.05) is 32.1 Å². The quantitative estimate of drug-likeness (QED) is 0.0442. The molecule has 0 aromatic heterocycles. The normalized spacial score (nSPS) is 9.59. The summed E-state index contributed by atoms with van der Waals surface area (Å²) in [5.74, 6) is 21.9. The summed E-state index contributed by atoms with van der Waals surface area (Å²) in [6, 6.07) is 0. The van der Waals surface area contributed by atoms with E-state index in [0.29, 0.717) is 6.42 Å². The van der Waals surface area contributed by atoms with E-state index >= 15 is 0 Å². The van der Waals surface area contributed by atoms with Gasteiger partial charge in [0.2, 0.25) is 5.91 Å². The van der Waals surface area contributed by atoms with Crippen LogP contribution in [0.25, 0.3) is 0 Å². The Morgan fingerprint density at radius 2 is 1.15 bits per heavy atom. The van der Waals surface area contributed by atoms with Crippen LogP contribution in [0.15, 0.2) is 0 Å². The third-order valence-corrected chi connectivity index (χ3v) is 5.79. The molecule has 0 aromatic carbocycles. The molecule has 0 saturated heterocycles. The number of phosphoric ester groups is 1. The molecule has 0 unspecified atom stereocenters. The number of hydrogen-bond acceptors (Lipinski definition) is 9. The van der Waals surface area contributed by atoms with Crippen molar-refractivity contribution in [3.05, 3.63) is 0 Å². The average Bonchev–Trinajstić information content (AvgIpc) is 2.95. The minimum Gasteiger partial charge on any atom is -0.790 e. The number of carbonyl (C=O) groups excluding carboxylic acids is 3. The van der Waals surface area contributed by atoms with Crippen molar-refractivity contribution < 1.29 is 115 Å². The molecule has 0 rings (SSSR count). The van der Waals surface area contributed by atoms with E-state index in [1.165, 1.54) is 64.7 Å². The number of hydrogen-bond donors (Lipinski definition) is 1. The zero-order chi connectivity index (χ0) is 33.3. The molecular weight excluding hydrogens is 631 g/mol. The van der Waals surface area contributed by atoms with Gasteiger partial charge >= 0.3 is 71.1 Å². The maximum absolute atomic E-state index is 12.2. The summed E-state index contributed by atoms with van der Waals surface area (Å²) < 4.78 is 25.0. The SMILES string of the molecule is CC#CC#CC#CC#CC#CC(=O)OC[C@H](COP(=O)([O-])[O-])OC(=O)CCCCCCCCCCCCCCC.CC(N)=O.[HH].[HH].[HH].[HH].[HH].[HH].[HH].[HH].[HH].[Na+].[Na+]. The average molecular weight is 694 g/mol. The van der Waals surface area contributed by atoms with Crippen LogP contribution in [-0.4, -0.2) is 37.2 Å². The van der Waals surface area contributed by atoms with Crippen LogP contribution in [0.1, 0.15) is 124 Å². The first-order valence-electron chi connectivity index (χ1n) is 14.7. The van der Waals surface area contributed by atoms with Crippen molar-refractivity contribution in [3.63, 3.8) is 0 Å². The topological polar surface area (TPSA) is 168 Å². The van der Waals surface area contributed by atoms with Crippen LogP contribution in [0, 0.1) is 59.2 Å². The molecule has 2 N–H and O–H groups in total. The number of carbonyl (C=O) groups is 3. The Hall–Kier alpha value is -1.68. The molecule has 13 heteroatoms. The second-order valence-electron chi connectivity index (χ2n) is 9.43. The number of nitrogens with two attached hydrogens (primary N) is 1. The summed E-state index contributed by atoms with van der Waals surface area (Å²) in [6.45, 7) is 3.86. The predicted octanol–water partition coefficient (Wildman–Crippen LogP) is -0.481. The largest absolute Gasteiger partial charge is 1.00 e. The molecule has 0 aliphatic heterocycles. The van der Waals surface area contributed by atoms with E-state index in [4.69, 9.17) is 9.47 Å². The Balaban J connectivity index is -0.000000102. The van der Waals surface area contributed by atoms with Crippen LogP contribution in [0.5, 0.6) is 0 Å². The van der Waals surface area contributed by atoms with Crippen LogP contribution in [0.4, 0.5) is 0 Å². The van der Waals surface area contributed by atoms with Crippen molar-refractivity contribution in [2.45, 2.75) is 117 Å². The van der Waals surface area contributed by atoms with Gasteiger partial charge in [-0.2, -0.15) is 0 Å². The molecule has 0 saturated carbocycles. The van der Waals surface area contributed by atoms with E-state index in [0.717, 1.165) is 19.3 Å². The minimum atomic E-state index is -5.31. The van der Waals surface area contributed by atoms with Crippen LogP contribution in [-0.2, 0) is 32.9 Å². The Bertz CT molecular complexity index is 1240. The number of primary amides is 1. The van der Waals surface area contributed by atoms with Crippen molar-refractivity contribution >= 4 is 25.7 Å². The van der Waals surface area contributed by atoms with Crippen LogP contribution in [0.3, 0.4) is 0 Å². The fourth-order valence-electron chi connectivity index (χ4n) is 3.36. The molecule has 0 heterocycles. The number of rotatable bonds is 20. The van der Waals surface area contributed by atoms with Crippen molar-refractivity contribution in [1.82, 2.24) is 0 Å². The first kappa shape index (κ1) is 51.2. The van der Waals surface area contributed by atoms with Gasteiger partial charge in [0.15, 0.2) is 6.10 Å². The summed E-state index contributed by atoms with van der Waals surface area (Å²) in [6.07, 6.45) is 14.0. The molecule has 0 fully saturated rings. The molecule has 1 amide bonds. The summed E-state index contributed by atoms with van der Waals surface area (Å²) in [4.78, 5) is 54.8. The first-order valence-corrected chi connectivity index (χ1v) is 16.2. The van der Waals surface area contributed by atoms with E-state index in [1.54, 1.807) is 6.92 Å². The van der Waals surface area contributed by atoms with E-state index in [2.05, 4.69) is 76.4 Å². The van der Waals surface area contributed by atoms with E-state index < -0.39 is 39.1 Å². The number of phosphoric acid groups is 1. The van der Waals surface area contributed by atoms with Gasteiger partial charge in [-0.1, -0.05) is 89.9 Å². The van der Waals surface area contributed by atoms with Gasteiger partial charge in [0.05, 0.1) is 14.4 Å². The zero-order valence-corrected chi connectivity index (χ0v) is 33.0. The van der Waals surface area contributed by atoms with Gasteiger partial charge in [0.1, 0.15) is 6.61 Å². The van der Waals surface area contributed by atoms with Gasteiger partial charge in [-0.25, -0.2) is 4.79 Å². The predicted molar refractivity (Wildman–Crippen MR) is 183 cm³/mol. The Morgan fingerprint density at radius 1 is 0.739 bits per heavy atom. The Kier molecular flexibility index (Phi) is 42.0. The van der Waals surface area contributed by atoms with Crippen LogP contribution < -0.4 is 74.6 Å². The number of ether oxygens (including phenoxy) is 2. The molecule has 1 atom stereocenters. The zero-order valence-electron chi connectivity index (χ0n) is 28.1. The number of unbranched alkanes of at least 4 members (excludes halogenated alkanes) is 12. The molecule has 260 valence electrons. The van der Waals surface area contributed by atoms with Gasteiger partial charge in [-0.05, 0) is 60.7 Å². The number of esters is 2. The van der Waals surface area contributed by atoms with Crippen LogP contribution >= 0.6 is 7.82 Å². The second kappa shape index (κ2) is 37.8. The molecule has 10 nitrogen and oxygen atoms in total. The van der Waals surface area contributed by atoms with E-state index in [1.807, 2.05) is 0 Å². The smallest absolute Gasteiger partial charge is 0.790 e. The van der Waals surface area contributed by atoms with E-state index in [9.17, 15) is 28.7 Å². The summed E-state index contributed by atoms with van der Waals surface area (Å²) in [7, 11) is -5.31. The van der Waals surface area contributed by atoms with Crippen LogP contribution in [0.2, 0.25) is 0 Å². The van der Waals surface area contributed by atoms with Gasteiger partial charge in [-0.15, -0.1) is 0 Å². The molecule has 0 radical (unpaired) electrons. The Morgan fingerprint density at radius 3 is 1.59 bits per heavy atom. The Labute approximate surface area is 333 Å². The third kappa shape index (κ3) is 46.7. The fourth-order valence-corrected chi connectivity index (χ4v) is 3.71. The maximum atomic E-state index is 12.2. The first-order chi connectivity index (χ1) is 21.0. The molecule has 0 aliphatic rings. The third-order valence-electron chi connectivity index (χ3n) is 5.33. The summed E-state index contributed by atoms with van der Waals surface area (Å²) in [5.41, 5.74) is 4.47. The molecular formula is C33H62NNa2O9P. The fraction of sp³-hybridized carbons (Fsp3) is 0.606. The maximum Gasteiger partial charge on any atom is 1.00 e. The second-order valence-corrected chi connectivity index (χ2v) is 10.6. The molecule has 0 aromatic rings. The van der Waals surface area contributed by atoms with E-state index in [-0.39, 0.29) is 84.3 Å². The molecule has 0 aliphatic carbocycles. The van der Waals surface area contributed by atoms with Crippen molar-refractivity contribution in [2.24, 2.45) is 5.73 Å². The molecule has 0 spiro atoms. The standard InChI is InChI=1S/C31H41O8P.C2H5NO.2Na.9H2/c1-3-5-7-9-11-13-14-15-16-18-20-22-24-26-31(33)39-29(28-38-40(34,35)36)27-37-30(32)25-23-21-19-17-12-10-8-6-4-2;1-2(3)4;;;;;;;;;;;/h29H,3,5,7,9,11,13-16,18,20,22,24,26-28H2,1-2H3,(H2,34,35,36);1H3,(H2,3,4);;;9*1H/q;;2*+1;;;;;;;;;/p-2/t29-;;;;;;;;;;;;/m1............/s1. The van der Waals surface area contributed by atoms with Crippen molar-refractivity contribution in [1.29, 1.82) is 0 Å². The minimum absolute atomic E-state index is 0. The summed E-state index contributed by atoms with van der Waals surface area (Å²) >= 11 is 0. The van der Waals surface area contributed by atoms with Crippen molar-refractivity contribution in [3.8, 4) is 59.2 Å². The molecule has 0 bridgehead atoms. The molecule has 46 heavy (non-hydrogen) atoms. The van der Waals surface area contributed by atoms with Crippen molar-refractivity contribution in [2.75, 3.05) is 13.2 Å². The van der Waals surface area contributed by atoms with Gasteiger partial charge in [0.25, 0.3) is 0 Å². The summed E-state index contributed by atoms with van der Waals surface area (Å²) in [5, 5.41) is 0. The monoisotopic (exact) mass is 693 g/mol. The van der Waals surface area contributed by atoms with Gasteiger partial charge in [-0.3, -0.25) is 9.59 Å². The number of amides is 1.